The molecule has 1 atom stereocenters. The molecule has 1 aromatic carbocycles. The molecule has 7 nitrogen and oxygen atoms in total. The molecule has 2 saturated heterocycles. The van der Waals surface area contributed by atoms with Crippen molar-refractivity contribution in [2.24, 2.45) is 5.41 Å². The minimum atomic E-state index is -0.366. The number of tetrazole rings is 1. The molecular formula is C23H33N5O2. The molecule has 7 heteroatoms. The molecule has 2 fully saturated rings. The summed E-state index contributed by atoms with van der Waals surface area (Å²) in [5, 5.41) is 12.6. The van der Waals surface area contributed by atoms with Gasteiger partial charge in [0.25, 0.3) is 0 Å². The zero-order chi connectivity index (χ0) is 21.5. The molecule has 0 saturated carbocycles. The van der Waals surface area contributed by atoms with Gasteiger partial charge in [-0.05, 0) is 67.5 Å². The van der Waals surface area contributed by atoms with Gasteiger partial charge in [-0.3, -0.25) is 4.79 Å². The lowest BCUT2D eigenvalue weighted by atomic mass is 9.77. The highest BCUT2D eigenvalue weighted by Crippen LogP contribution is 2.50. The molecule has 3 heterocycles. The van der Waals surface area contributed by atoms with E-state index in [0.717, 1.165) is 30.7 Å². The van der Waals surface area contributed by atoms with E-state index in [2.05, 4.69) is 74.4 Å². The van der Waals surface area contributed by atoms with Crippen LogP contribution in [0, 0.1) is 5.41 Å². The molecule has 0 bridgehead atoms. The summed E-state index contributed by atoms with van der Waals surface area (Å²) in [5.41, 5.74) is 1.82. The van der Waals surface area contributed by atoms with Crippen LogP contribution in [0.1, 0.15) is 82.8 Å². The van der Waals surface area contributed by atoms with Crippen LogP contribution >= 0.6 is 0 Å². The van der Waals surface area contributed by atoms with E-state index in [1.165, 1.54) is 5.56 Å². The molecule has 0 N–H and O–H groups in total. The van der Waals surface area contributed by atoms with E-state index < -0.39 is 0 Å². The molecule has 0 radical (unpaired) electrons. The lowest BCUT2D eigenvalue weighted by molar-refractivity contribution is -0.141. The maximum Gasteiger partial charge on any atom is 0.229 e. The first-order valence-electron chi connectivity index (χ1n) is 11.0. The number of amides is 1. The number of hydrogen-bond donors (Lipinski definition) is 0. The van der Waals surface area contributed by atoms with Crippen molar-refractivity contribution in [1.82, 2.24) is 25.1 Å². The van der Waals surface area contributed by atoms with Gasteiger partial charge < -0.3 is 9.64 Å². The molecule has 0 aliphatic carbocycles. The fourth-order valence-electron chi connectivity index (χ4n) is 4.69. The molecule has 1 spiro atoms. The summed E-state index contributed by atoms with van der Waals surface area (Å²) in [6, 6.07) is 8.48. The summed E-state index contributed by atoms with van der Waals surface area (Å²) < 4.78 is 7.45. The van der Waals surface area contributed by atoms with Crippen molar-refractivity contribution in [1.29, 1.82) is 0 Å². The number of hydrogen-bond acceptors (Lipinski definition) is 5. The Morgan fingerprint density at radius 1 is 1.17 bits per heavy atom. The number of benzene rings is 1. The highest BCUT2D eigenvalue weighted by molar-refractivity contribution is 5.85. The van der Waals surface area contributed by atoms with E-state index in [9.17, 15) is 4.79 Å². The third kappa shape index (κ3) is 3.75. The van der Waals surface area contributed by atoms with Crippen LogP contribution in [-0.2, 0) is 21.6 Å². The quantitative estimate of drug-likeness (QED) is 0.765. The summed E-state index contributed by atoms with van der Waals surface area (Å²) in [6.07, 6.45) is 2.28. The van der Waals surface area contributed by atoms with Gasteiger partial charge in [0, 0.05) is 19.8 Å². The minimum Gasteiger partial charge on any atom is -0.381 e. The summed E-state index contributed by atoms with van der Waals surface area (Å²) in [6.45, 7) is 12.5. The highest BCUT2D eigenvalue weighted by atomic mass is 16.5. The van der Waals surface area contributed by atoms with E-state index in [0.29, 0.717) is 25.7 Å². The highest BCUT2D eigenvalue weighted by Gasteiger charge is 2.54. The van der Waals surface area contributed by atoms with E-state index in [1.807, 2.05) is 9.58 Å². The van der Waals surface area contributed by atoms with Gasteiger partial charge in [0.2, 0.25) is 5.91 Å². The van der Waals surface area contributed by atoms with Gasteiger partial charge in [0.15, 0.2) is 5.82 Å². The van der Waals surface area contributed by atoms with Crippen molar-refractivity contribution in [3.63, 3.8) is 0 Å². The molecule has 4 rings (SSSR count). The fraction of sp³-hybridized carbons (Fsp3) is 0.652. The second kappa shape index (κ2) is 7.76. The Bertz CT molecular complexity index is 891. The fourth-order valence-corrected chi connectivity index (χ4v) is 4.69. The number of likely N-dealkylation sites (tertiary alicyclic amines) is 1. The monoisotopic (exact) mass is 411 g/mol. The van der Waals surface area contributed by atoms with Crippen LogP contribution in [0.25, 0.3) is 0 Å². The average Bonchev–Trinajstić information content (AvgIpc) is 3.29. The second-order valence-electron chi connectivity index (χ2n) is 10.1. The Balaban J connectivity index is 1.69. The molecule has 2 aliphatic rings. The summed E-state index contributed by atoms with van der Waals surface area (Å²) in [4.78, 5) is 15.7. The molecule has 2 aromatic rings. The maximum absolute atomic E-state index is 13.7. The van der Waals surface area contributed by atoms with Crippen molar-refractivity contribution >= 4 is 5.91 Å². The van der Waals surface area contributed by atoms with Gasteiger partial charge in [0.05, 0.1) is 17.0 Å². The van der Waals surface area contributed by atoms with Crippen molar-refractivity contribution < 1.29 is 9.53 Å². The molecule has 1 unspecified atom stereocenters. The molecule has 1 aromatic heterocycles. The Kier molecular flexibility index (Phi) is 5.43. The molecule has 30 heavy (non-hydrogen) atoms. The standard InChI is InChI=1S/C23H33N5O2/c1-16(2)18-8-6-17(7-9-18)15-27-19(20-24-25-26-28(20)22(3,4)5)14-23(21(27)29)10-12-30-13-11-23/h6-9,16,19H,10-15H2,1-5H3. The third-order valence-corrected chi connectivity index (χ3v) is 6.55. The van der Waals surface area contributed by atoms with Crippen LogP contribution in [0.4, 0.5) is 0 Å². The van der Waals surface area contributed by atoms with Crippen LogP contribution in [0.2, 0.25) is 0 Å². The van der Waals surface area contributed by atoms with Crippen LogP contribution in [0.3, 0.4) is 0 Å². The number of rotatable bonds is 4. The Morgan fingerprint density at radius 3 is 2.43 bits per heavy atom. The maximum atomic E-state index is 13.7. The Labute approximate surface area is 178 Å². The topological polar surface area (TPSA) is 73.1 Å². The number of nitrogens with zero attached hydrogens (tertiary/aromatic N) is 5. The minimum absolute atomic E-state index is 0.130. The summed E-state index contributed by atoms with van der Waals surface area (Å²) in [5.74, 6) is 1.48. The number of aromatic nitrogens is 4. The van der Waals surface area contributed by atoms with Crippen LogP contribution in [0.5, 0.6) is 0 Å². The zero-order valence-electron chi connectivity index (χ0n) is 18.8. The van der Waals surface area contributed by atoms with E-state index in [4.69, 9.17) is 4.74 Å². The number of carbonyl (C=O) groups excluding carboxylic acids is 1. The van der Waals surface area contributed by atoms with Crippen LogP contribution in [-0.4, -0.2) is 44.2 Å². The lowest BCUT2D eigenvalue weighted by Crippen LogP contribution is -2.39. The average molecular weight is 412 g/mol. The van der Waals surface area contributed by atoms with Gasteiger partial charge in [-0.2, -0.15) is 0 Å². The molecular weight excluding hydrogens is 378 g/mol. The van der Waals surface area contributed by atoms with Crippen molar-refractivity contribution in [2.75, 3.05) is 13.2 Å². The van der Waals surface area contributed by atoms with Crippen molar-refractivity contribution in [2.45, 2.75) is 77.9 Å². The molecule has 1 amide bonds. The van der Waals surface area contributed by atoms with Crippen molar-refractivity contribution in [3.8, 4) is 0 Å². The second-order valence-corrected chi connectivity index (χ2v) is 10.1. The van der Waals surface area contributed by atoms with Gasteiger partial charge in [-0.1, -0.05) is 38.1 Å². The molecule has 162 valence electrons. The predicted molar refractivity (Wildman–Crippen MR) is 114 cm³/mol. The summed E-state index contributed by atoms with van der Waals surface area (Å²) in [7, 11) is 0. The first-order chi connectivity index (χ1) is 14.2. The SMILES string of the molecule is CC(C)c1ccc(CN2C(=O)C3(CCOCC3)CC2c2nnnn2C(C)(C)C)cc1. The number of ether oxygens (including phenoxy) is 1. The first kappa shape index (κ1) is 21.0. The first-order valence-corrected chi connectivity index (χ1v) is 11.0. The lowest BCUT2D eigenvalue weighted by Gasteiger charge is -2.31. The molecule has 2 aliphatic heterocycles. The van der Waals surface area contributed by atoms with Crippen molar-refractivity contribution in [3.05, 3.63) is 41.2 Å². The number of carbonyl (C=O) groups is 1. The van der Waals surface area contributed by atoms with Crippen LogP contribution < -0.4 is 0 Å². The Morgan fingerprint density at radius 2 is 1.83 bits per heavy atom. The smallest absolute Gasteiger partial charge is 0.229 e. The van der Waals surface area contributed by atoms with E-state index >= 15 is 0 Å². The van der Waals surface area contributed by atoms with E-state index in [-0.39, 0.29) is 22.9 Å². The third-order valence-electron chi connectivity index (χ3n) is 6.55. The Hall–Kier alpha value is -2.28. The largest absolute Gasteiger partial charge is 0.381 e. The van der Waals surface area contributed by atoms with Crippen LogP contribution in [0.15, 0.2) is 24.3 Å². The van der Waals surface area contributed by atoms with Gasteiger partial charge in [-0.15, -0.1) is 5.10 Å². The van der Waals surface area contributed by atoms with Gasteiger partial charge in [0.1, 0.15) is 0 Å². The van der Waals surface area contributed by atoms with Gasteiger partial charge >= 0.3 is 0 Å². The predicted octanol–water partition coefficient (Wildman–Crippen LogP) is 3.82. The zero-order valence-corrected chi connectivity index (χ0v) is 18.8. The summed E-state index contributed by atoms with van der Waals surface area (Å²) >= 11 is 0. The van der Waals surface area contributed by atoms with Gasteiger partial charge in [-0.25, -0.2) is 4.68 Å². The normalized spacial score (nSPS) is 21.7. The van der Waals surface area contributed by atoms with E-state index in [1.54, 1.807) is 0 Å².